The molecule has 0 saturated heterocycles. The first-order valence-electron chi connectivity index (χ1n) is 8.38. The summed E-state index contributed by atoms with van der Waals surface area (Å²) in [6.07, 6.45) is 0. The summed E-state index contributed by atoms with van der Waals surface area (Å²) >= 11 is 11.2. The standard InChI is InChI=1S/C20H17ClN4O2S/c1-12-11-13(2)23-19(22-12)27-15-9-7-14(8-10-15)24-20(28)25-18(26)16-5-3-4-6-17(16)21/h3-11H,1-2H3,(H2,24,25,26,28). The lowest BCUT2D eigenvalue weighted by Gasteiger charge is -2.11. The van der Waals surface area contributed by atoms with Crippen LogP contribution in [-0.2, 0) is 0 Å². The molecule has 0 fully saturated rings. The van der Waals surface area contributed by atoms with Crippen molar-refractivity contribution in [1.82, 2.24) is 15.3 Å². The number of nitrogens with zero attached hydrogens (tertiary/aromatic N) is 2. The average molecular weight is 413 g/mol. The summed E-state index contributed by atoms with van der Waals surface area (Å²) in [6.45, 7) is 3.76. The monoisotopic (exact) mass is 412 g/mol. The van der Waals surface area contributed by atoms with Gasteiger partial charge in [0.2, 0.25) is 0 Å². The highest BCUT2D eigenvalue weighted by molar-refractivity contribution is 7.80. The molecule has 0 aliphatic rings. The molecule has 0 bridgehead atoms. The maximum absolute atomic E-state index is 12.2. The smallest absolute Gasteiger partial charge is 0.322 e. The van der Waals surface area contributed by atoms with Crippen molar-refractivity contribution in [3.05, 3.63) is 76.6 Å². The maximum atomic E-state index is 12.2. The number of hydrogen-bond donors (Lipinski definition) is 2. The van der Waals surface area contributed by atoms with E-state index in [1.807, 2.05) is 19.9 Å². The van der Waals surface area contributed by atoms with Gasteiger partial charge >= 0.3 is 6.01 Å². The number of rotatable bonds is 4. The first-order chi connectivity index (χ1) is 13.4. The molecule has 0 atom stereocenters. The maximum Gasteiger partial charge on any atom is 0.322 e. The molecule has 0 saturated carbocycles. The lowest BCUT2D eigenvalue weighted by atomic mass is 10.2. The minimum atomic E-state index is -0.380. The zero-order valence-corrected chi connectivity index (χ0v) is 16.8. The van der Waals surface area contributed by atoms with Crippen molar-refractivity contribution in [2.24, 2.45) is 0 Å². The second kappa shape index (κ2) is 8.77. The van der Waals surface area contributed by atoms with Crippen molar-refractivity contribution in [3.8, 4) is 11.8 Å². The first-order valence-corrected chi connectivity index (χ1v) is 9.16. The van der Waals surface area contributed by atoms with E-state index >= 15 is 0 Å². The van der Waals surface area contributed by atoms with Crippen LogP contribution < -0.4 is 15.4 Å². The van der Waals surface area contributed by atoms with Gasteiger partial charge in [-0.3, -0.25) is 10.1 Å². The van der Waals surface area contributed by atoms with Crippen molar-refractivity contribution in [2.75, 3.05) is 5.32 Å². The van der Waals surface area contributed by atoms with Crippen LogP contribution in [0.15, 0.2) is 54.6 Å². The molecule has 0 unspecified atom stereocenters. The number of hydrogen-bond acceptors (Lipinski definition) is 5. The number of aryl methyl sites for hydroxylation is 2. The molecule has 28 heavy (non-hydrogen) atoms. The average Bonchev–Trinajstić information content (AvgIpc) is 2.62. The first kappa shape index (κ1) is 19.7. The van der Waals surface area contributed by atoms with Crippen LogP contribution in [0.25, 0.3) is 0 Å². The molecule has 1 aromatic heterocycles. The summed E-state index contributed by atoms with van der Waals surface area (Å²) in [4.78, 5) is 20.7. The molecule has 8 heteroatoms. The molecule has 142 valence electrons. The fourth-order valence-corrected chi connectivity index (χ4v) is 2.86. The second-order valence-electron chi connectivity index (χ2n) is 5.95. The molecule has 6 nitrogen and oxygen atoms in total. The molecule has 3 rings (SSSR count). The number of benzene rings is 2. The van der Waals surface area contributed by atoms with Gasteiger partial charge in [-0.25, -0.2) is 9.97 Å². The van der Waals surface area contributed by atoms with Crippen LogP contribution >= 0.6 is 23.8 Å². The van der Waals surface area contributed by atoms with Crippen molar-refractivity contribution in [2.45, 2.75) is 13.8 Å². The number of nitrogens with one attached hydrogen (secondary N) is 2. The predicted molar refractivity (Wildman–Crippen MR) is 113 cm³/mol. The van der Waals surface area contributed by atoms with Gasteiger partial charge in [-0.2, -0.15) is 0 Å². The van der Waals surface area contributed by atoms with Crippen molar-refractivity contribution < 1.29 is 9.53 Å². The van der Waals surface area contributed by atoms with Crippen LogP contribution in [0.5, 0.6) is 11.8 Å². The molecule has 0 aliphatic carbocycles. The number of halogens is 1. The Morgan fingerprint density at radius 1 is 1.04 bits per heavy atom. The van der Waals surface area contributed by atoms with Gasteiger partial charge in [0, 0.05) is 17.1 Å². The van der Waals surface area contributed by atoms with E-state index in [2.05, 4.69) is 20.6 Å². The van der Waals surface area contributed by atoms with Gasteiger partial charge in [-0.05, 0) is 68.5 Å². The number of thiocarbonyl (C=S) groups is 1. The van der Waals surface area contributed by atoms with Crippen LogP contribution in [0.1, 0.15) is 21.7 Å². The summed E-state index contributed by atoms with van der Waals surface area (Å²) in [6, 6.07) is 16.0. The third-order valence-corrected chi connectivity index (χ3v) is 4.16. The summed E-state index contributed by atoms with van der Waals surface area (Å²) < 4.78 is 5.67. The Morgan fingerprint density at radius 3 is 2.32 bits per heavy atom. The van der Waals surface area contributed by atoms with Gasteiger partial charge in [0.15, 0.2) is 5.11 Å². The van der Waals surface area contributed by atoms with Gasteiger partial charge in [0.05, 0.1) is 10.6 Å². The highest BCUT2D eigenvalue weighted by atomic mass is 35.5. The Balaban J connectivity index is 1.60. The number of anilines is 1. The molecule has 2 N–H and O–H groups in total. The van der Waals surface area contributed by atoms with Gasteiger partial charge in [0.25, 0.3) is 5.91 Å². The van der Waals surface area contributed by atoms with Crippen LogP contribution in [0.2, 0.25) is 5.02 Å². The molecule has 1 heterocycles. The lowest BCUT2D eigenvalue weighted by Crippen LogP contribution is -2.34. The SMILES string of the molecule is Cc1cc(C)nc(Oc2ccc(NC(=S)NC(=O)c3ccccc3Cl)cc2)n1. The van der Waals surface area contributed by atoms with Crippen molar-refractivity contribution in [3.63, 3.8) is 0 Å². The largest absolute Gasteiger partial charge is 0.424 e. The van der Waals surface area contributed by atoms with Gasteiger partial charge < -0.3 is 10.1 Å². The summed E-state index contributed by atoms with van der Waals surface area (Å²) in [5, 5.41) is 6.06. The number of carbonyl (C=O) groups is 1. The molecule has 0 aliphatic heterocycles. The highest BCUT2D eigenvalue weighted by Crippen LogP contribution is 2.21. The molecular weight excluding hydrogens is 396 g/mol. The van der Waals surface area contributed by atoms with Crippen LogP contribution in [0, 0.1) is 13.8 Å². The minimum Gasteiger partial charge on any atom is -0.424 e. The summed E-state index contributed by atoms with van der Waals surface area (Å²) in [7, 11) is 0. The topological polar surface area (TPSA) is 76.1 Å². The van der Waals surface area contributed by atoms with Crippen LogP contribution in [0.4, 0.5) is 5.69 Å². The predicted octanol–water partition coefficient (Wildman–Crippen LogP) is 4.67. The van der Waals surface area contributed by atoms with Crippen LogP contribution in [0.3, 0.4) is 0 Å². The van der Waals surface area contributed by atoms with E-state index in [-0.39, 0.29) is 11.0 Å². The third-order valence-electron chi connectivity index (χ3n) is 3.63. The van der Waals surface area contributed by atoms with E-state index in [9.17, 15) is 4.79 Å². The van der Waals surface area contributed by atoms with Gasteiger partial charge in [0.1, 0.15) is 5.75 Å². The summed E-state index contributed by atoms with van der Waals surface area (Å²) in [5.41, 5.74) is 2.71. The molecule has 2 aromatic carbocycles. The van der Waals surface area contributed by atoms with Gasteiger partial charge in [-0.1, -0.05) is 23.7 Å². The Kier molecular flexibility index (Phi) is 6.18. The number of amides is 1. The summed E-state index contributed by atoms with van der Waals surface area (Å²) in [5.74, 6) is 0.205. The van der Waals surface area contributed by atoms with E-state index in [1.54, 1.807) is 48.5 Å². The van der Waals surface area contributed by atoms with Gasteiger partial charge in [-0.15, -0.1) is 0 Å². The Hall–Kier alpha value is -3.03. The van der Waals surface area contributed by atoms with E-state index < -0.39 is 0 Å². The van der Waals surface area contributed by atoms with E-state index in [0.717, 1.165) is 11.4 Å². The lowest BCUT2D eigenvalue weighted by molar-refractivity contribution is 0.0978. The number of ether oxygens (including phenoxy) is 1. The second-order valence-corrected chi connectivity index (χ2v) is 6.76. The third kappa shape index (κ3) is 5.25. The number of aromatic nitrogens is 2. The number of carbonyl (C=O) groups excluding carboxylic acids is 1. The Bertz CT molecular complexity index is 1000. The van der Waals surface area contributed by atoms with E-state index in [0.29, 0.717) is 28.0 Å². The Labute approximate surface area is 172 Å². The van der Waals surface area contributed by atoms with Crippen molar-refractivity contribution in [1.29, 1.82) is 0 Å². The highest BCUT2D eigenvalue weighted by Gasteiger charge is 2.11. The fraction of sp³-hybridized carbons (Fsp3) is 0.100. The minimum absolute atomic E-state index is 0.163. The molecule has 3 aromatic rings. The van der Waals surface area contributed by atoms with Crippen LogP contribution in [-0.4, -0.2) is 21.0 Å². The molecular formula is C20H17ClN4O2S. The zero-order chi connectivity index (χ0) is 20.1. The Morgan fingerprint density at radius 2 is 1.68 bits per heavy atom. The van der Waals surface area contributed by atoms with E-state index in [4.69, 9.17) is 28.6 Å². The molecule has 0 spiro atoms. The quantitative estimate of drug-likeness (QED) is 0.606. The zero-order valence-electron chi connectivity index (χ0n) is 15.2. The molecule has 0 radical (unpaired) electrons. The fourth-order valence-electron chi connectivity index (χ4n) is 2.43. The van der Waals surface area contributed by atoms with E-state index in [1.165, 1.54) is 0 Å². The molecule has 1 amide bonds. The van der Waals surface area contributed by atoms with Crippen molar-refractivity contribution >= 4 is 40.5 Å². The normalized spacial score (nSPS) is 10.2.